The average Bonchev–Trinajstić information content (AvgIpc) is 3.05. The number of halogens is 1. The average molecular weight is 408 g/mol. The third kappa shape index (κ3) is 5.40. The Bertz CT molecular complexity index is 670. The highest BCUT2D eigenvalue weighted by Crippen LogP contribution is 2.28. The molecule has 0 atom stereocenters. The van der Waals surface area contributed by atoms with Crippen molar-refractivity contribution in [2.24, 2.45) is 0 Å². The number of amides is 1. The van der Waals surface area contributed by atoms with Crippen molar-refractivity contribution in [3.63, 3.8) is 0 Å². The quantitative estimate of drug-likeness (QED) is 0.663. The van der Waals surface area contributed by atoms with Crippen LogP contribution >= 0.6 is 22.9 Å². The molecule has 1 amide bonds. The van der Waals surface area contributed by atoms with Gasteiger partial charge in [-0.15, -0.1) is 11.3 Å². The summed E-state index contributed by atoms with van der Waals surface area (Å²) < 4.78 is 27.3. The molecule has 0 N–H and O–H groups in total. The van der Waals surface area contributed by atoms with Crippen molar-refractivity contribution in [1.29, 1.82) is 0 Å². The summed E-state index contributed by atoms with van der Waals surface area (Å²) in [6.07, 6.45) is 2.18. The minimum atomic E-state index is -3.51. The third-order valence-corrected chi connectivity index (χ3v) is 7.97. The van der Waals surface area contributed by atoms with E-state index in [1.807, 2.05) is 0 Å². The van der Waals surface area contributed by atoms with E-state index in [0.29, 0.717) is 37.1 Å². The molecule has 25 heavy (non-hydrogen) atoms. The summed E-state index contributed by atoms with van der Waals surface area (Å²) in [6.45, 7) is 7.88. The Hall–Kier alpha value is -0.670. The molecule has 0 aliphatic carbocycles. The van der Waals surface area contributed by atoms with Crippen LogP contribution in [0.5, 0.6) is 0 Å². The second-order valence-corrected chi connectivity index (χ2v) is 9.95. The predicted octanol–water partition coefficient (Wildman–Crippen LogP) is 2.36. The summed E-state index contributed by atoms with van der Waals surface area (Å²) >= 11 is 6.91. The summed E-state index contributed by atoms with van der Waals surface area (Å²) in [6, 6.07) is 3.13. The minimum Gasteiger partial charge on any atom is -0.339 e. The number of rotatable bonds is 8. The normalized spacial score (nSPS) is 16.6. The lowest BCUT2D eigenvalue weighted by atomic mass is 10.3. The fraction of sp³-hybridized carbons (Fsp3) is 0.688. The molecule has 2 rings (SSSR count). The van der Waals surface area contributed by atoms with Gasteiger partial charge in [-0.3, -0.25) is 9.69 Å². The van der Waals surface area contributed by atoms with Crippen LogP contribution in [-0.4, -0.2) is 74.2 Å². The Balaban J connectivity index is 1.89. The first kappa shape index (κ1) is 20.6. The van der Waals surface area contributed by atoms with Crippen molar-refractivity contribution in [3.8, 4) is 0 Å². The zero-order valence-corrected chi connectivity index (χ0v) is 17.2. The topological polar surface area (TPSA) is 60.9 Å². The van der Waals surface area contributed by atoms with Gasteiger partial charge >= 0.3 is 0 Å². The van der Waals surface area contributed by atoms with E-state index < -0.39 is 10.0 Å². The number of nitrogens with zero attached hydrogens (tertiary/aromatic N) is 3. The fourth-order valence-corrected chi connectivity index (χ4v) is 5.82. The Morgan fingerprint density at radius 3 is 2.44 bits per heavy atom. The molecule has 0 radical (unpaired) electrons. The highest BCUT2D eigenvalue weighted by molar-refractivity contribution is 7.91. The molecule has 142 valence electrons. The number of unbranched alkanes of at least 4 members (excludes halogenated alkanes) is 1. The first-order valence-corrected chi connectivity index (χ1v) is 11.3. The molecule has 1 aliphatic heterocycles. The molecule has 0 aromatic carbocycles. The van der Waals surface area contributed by atoms with Crippen LogP contribution in [0.4, 0.5) is 0 Å². The number of hydrogen-bond donors (Lipinski definition) is 0. The van der Waals surface area contributed by atoms with Gasteiger partial charge in [0.2, 0.25) is 5.91 Å². The maximum Gasteiger partial charge on any atom is 0.252 e. The molecule has 0 unspecified atom stereocenters. The van der Waals surface area contributed by atoms with E-state index in [9.17, 15) is 13.2 Å². The van der Waals surface area contributed by atoms with Crippen LogP contribution in [0.1, 0.15) is 26.7 Å². The van der Waals surface area contributed by atoms with E-state index in [2.05, 4.69) is 18.7 Å². The van der Waals surface area contributed by atoms with Gasteiger partial charge in [0.1, 0.15) is 4.21 Å². The van der Waals surface area contributed by atoms with Crippen molar-refractivity contribution in [2.45, 2.75) is 30.9 Å². The van der Waals surface area contributed by atoms with E-state index in [-0.39, 0.29) is 10.1 Å². The van der Waals surface area contributed by atoms with E-state index in [1.165, 1.54) is 10.4 Å². The summed E-state index contributed by atoms with van der Waals surface area (Å²) in [5, 5.41) is 0. The van der Waals surface area contributed by atoms with Gasteiger partial charge in [-0.2, -0.15) is 4.31 Å². The van der Waals surface area contributed by atoms with Gasteiger partial charge < -0.3 is 4.90 Å². The van der Waals surface area contributed by atoms with Gasteiger partial charge in [-0.05, 0) is 31.6 Å². The molecule has 6 nitrogen and oxygen atoms in total. The van der Waals surface area contributed by atoms with Crippen molar-refractivity contribution >= 4 is 38.9 Å². The monoisotopic (exact) mass is 407 g/mol. The van der Waals surface area contributed by atoms with Crippen LogP contribution in [-0.2, 0) is 14.8 Å². The molecule has 2 heterocycles. The fourth-order valence-electron chi connectivity index (χ4n) is 2.76. The van der Waals surface area contributed by atoms with Gasteiger partial charge in [0.25, 0.3) is 10.0 Å². The Labute approximate surface area is 159 Å². The number of sulfonamides is 1. The molecule has 0 bridgehead atoms. The first-order valence-electron chi connectivity index (χ1n) is 8.64. The molecular weight excluding hydrogens is 382 g/mol. The van der Waals surface area contributed by atoms with Gasteiger partial charge in [0, 0.05) is 26.2 Å². The van der Waals surface area contributed by atoms with Crippen LogP contribution in [0.2, 0.25) is 4.34 Å². The first-order chi connectivity index (χ1) is 11.9. The van der Waals surface area contributed by atoms with Crippen molar-refractivity contribution in [1.82, 2.24) is 14.1 Å². The van der Waals surface area contributed by atoms with Gasteiger partial charge in [-0.1, -0.05) is 31.9 Å². The number of piperazine rings is 1. The lowest BCUT2D eigenvalue weighted by molar-refractivity contribution is -0.133. The van der Waals surface area contributed by atoms with Gasteiger partial charge in [-0.25, -0.2) is 8.42 Å². The molecule has 1 aromatic rings. The maximum absolute atomic E-state index is 12.6. The molecule has 9 heteroatoms. The van der Waals surface area contributed by atoms with Crippen molar-refractivity contribution < 1.29 is 13.2 Å². The zero-order chi connectivity index (χ0) is 18.4. The summed E-state index contributed by atoms with van der Waals surface area (Å²) in [5.41, 5.74) is 0. The minimum absolute atomic E-state index is 0.0779. The second-order valence-electron chi connectivity index (χ2n) is 6.07. The van der Waals surface area contributed by atoms with E-state index in [1.54, 1.807) is 11.0 Å². The Morgan fingerprint density at radius 2 is 1.92 bits per heavy atom. The number of hydrogen-bond acceptors (Lipinski definition) is 5. The lowest BCUT2D eigenvalue weighted by Gasteiger charge is -2.34. The SMILES string of the molecule is CCCCN(CC)CC(=O)N1CCN(S(=O)(=O)c2ccc(Cl)s2)CC1. The van der Waals surface area contributed by atoms with Crippen LogP contribution < -0.4 is 0 Å². The highest BCUT2D eigenvalue weighted by atomic mass is 35.5. The molecule has 1 saturated heterocycles. The van der Waals surface area contributed by atoms with Crippen molar-refractivity contribution in [3.05, 3.63) is 16.5 Å². The summed E-state index contributed by atoms with van der Waals surface area (Å²) in [4.78, 5) is 16.4. The molecule has 0 spiro atoms. The third-order valence-electron chi connectivity index (χ3n) is 4.37. The largest absolute Gasteiger partial charge is 0.339 e. The van der Waals surface area contributed by atoms with Crippen LogP contribution in [0.3, 0.4) is 0 Å². The second kappa shape index (κ2) is 9.32. The lowest BCUT2D eigenvalue weighted by Crippen LogP contribution is -2.52. The number of thiophene rings is 1. The van der Waals surface area contributed by atoms with Crippen LogP contribution in [0.15, 0.2) is 16.3 Å². The zero-order valence-electron chi connectivity index (χ0n) is 14.8. The standard InChI is InChI=1S/C16H26ClN3O3S2/c1-3-5-8-18(4-2)13-15(21)19-9-11-20(12-10-19)25(22,23)16-7-6-14(17)24-16/h6-7H,3-5,8-13H2,1-2H3. The van der Waals surface area contributed by atoms with E-state index in [0.717, 1.165) is 37.3 Å². The van der Waals surface area contributed by atoms with Crippen molar-refractivity contribution in [2.75, 3.05) is 45.8 Å². The van der Waals surface area contributed by atoms with Gasteiger partial charge in [0.05, 0.1) is 10.9 Å². The van der Waals surface area contributed by atoms with Crippen LogP contribution in [0, 0.1) is 0 Å². The molecule has 0 saturated carbocycles. The van der Waals surface area contributed by atoms with Crippen LogP contribution in [0.25, 0.3) is 0 Å². The Kier molecular flexibility index (Phi) is 7.69. The number of carbonyl (C=O) groups excluding carboxylic acids is 1. The van der Waals surface area contributed by atoms with E-state index >= 15 is 0 Å². The predicted molar refractivity (Wildman–Crippen MR) is 102 cm³/mol. The van der Waals surface area contributed by atoms with Gasteiger partial charge in [0.15, 0.2) is 0 Å². The highest BCUT2D eigenvalue weighted by Gasteiger charge is 2.31. The molecule has 1 fully saturated rings. The summed E-state index contributed by atoms with van der Waals surface area (Å²) in [7, 11) is -3.51. The maximum atomic E-state index is 12.6. The molecular formula is C16H26ClN3O3S2. The summed E-state index contributed by atoms with van der Waals surface area (Å²) in [5.74, 6) is 0.0779. The number of carbonyl (C=O) groups is 1. The molecule has 1 aromatic heterocycles. The smallest absolute Gasteiger partial charge is 0.252 e. The number of likely N-dealkylation sites (N-methyl/N-ethyl adjacent to an activating group) is 1. The molecule has 1 aliphatic rings. The Morgan fingerprint density at radius 1 is 1.24 bits per heavy atom. The van der Waals surface area contributed by atoms with E-state index in [4.69, 9.17) is 11.6 Å².